The highest BCUT2D eigenvalue weighted by molar-refractivity contribution is 6.00. The van der Waals surface area contributed by atoms with Crippen molar-refractivity contribution in [3.05, 3.63) is 138 Å². The lowest BCUT2D eigenvalue weighted by Crippen LogP contribution is -2.61. The van der Waals surface area contributed by atoms with Gasteiger partial charge in [0.2, 0.25) is 70.9 Å². The Labute approximate surface area is 554 Å². The monoisotopic (exact) mass is 1330 g/mol. The molecule has 0 saturated heterocycles. The fourth-order valence-corrected chi connectivity index (χ4v) is 9.91. The van der Waals surface area contributed by atoms with Crippen molar-refractivity contribution in [1.29, 1.82) is 0 Å². The predicted molar refractivity (Wildman–Crippen MR) is 353 cm³/mol. The van der Waals surface area contributed by atoms with Gasteiger partial charge in [-0.25, -0.2) is 0 Å². The molecule has 9 atom stereocenters. The number of fused-ring (bicyclic) bond motifs is 1. The Morgan fingerprint density at radius 3 is 1.52 bits per heavy atom. The summed E-state index contributed by atoms with van der Waals surface area (Å²) in [4.78, 5) is 172. The van der Waals surface area contributed by atoms with E-state index in [1.807, 2.05) is 0 Å². The number of nitrogens with two attached hydrogens (primary N) is 5. The topological polar surface area (TPSA) is 515 Å². The SMILES string of the molecule is CC(C)C[C@H](NC(=O)CNC(=O)[C@H](Cc1ccccc1)NC(=O)[C@H](CO)NC(=O)[C@H](CC(N)=O)NC(=O)[C@H](Cc1c[nH]c2ccccc12)NC(=O)[C@H](CC(N)=O)NC(=O)[C@@H](N)Cc1ccc(O)cc1)C(=O)N[C@@H](CCCN=C(N)N(C)C)C(=O)N[C@@H](Cc1ccccc1)C(N)=O. The van der Waals surface area contributed by atoms with Crippen LogP contribution in [0, 0.1) is 5.92 Å². The quantitative estimate of drug-likeness (QED) is 0.0103. The number of hydrogen-bond acceptors (Lipinski definition) is 16. The van der Waals surface area contributed by atoms with Crippen LogP contribution in [0.2, 0.25) is 0 Å². The van der Waals surface area contributed by atoms with E-state index in [9.17, 15) is 67.7 Å². The van der Waals surface area contributed by atoms with Crippen molar-refractivity contribution in [2.45, 2.75) is 126 Å². The second-order valence-electron chi connectivity index (χ2n) is 23.5. The van der Waals surface area contributed by atoms with Crippen molar-refractivity contribution in [1.82, 2.24) is 57.7 Å². The molecular weight excluding hydrogens is 1240 g/mol. The lowest BCUT2D eigenvalue weighted by atomic mass is 10.0. The van der Waals surface area contributed by atoms with E-state index in [-0.39, 0.29) is 69.1 Å². The van der Waals surface area contributed by atoms with E-state index in [1.165, 1.54) is 24.3 Å². The zero-order chi connectivity index (χ0) is 70.6. The molecule has 0 aliphatic rings. The first-order valence-corrected chi connectivity index (χ1v) is 30.9. The number of para-hydroxylation sites is 1. The number of rotatable bonds is 38. The number of phenols is 1. The maximum absolute atomic E-state index is 14.5. The second-order valence-corrected chi connectivity index (χ2v) is 23.5. The number of amides is 12. The number of carbonyl (C=O) groups is 12. The molecule has 22 N–H and O–H groups in total. The number of benzene rings is 4. The number of nitrogens with one attached hydrogen (secondary N) is 10. The number of aliphatic hydroxyl groups is 1. The average Bonchev–Trinajstić information content (AvgIpc) is 1.64. The molecule has 0 bridgehead atoms. The molecule has 0 aliphatic carbocycles. The lowest BCUT2D eigenvalue weighted by molar-refractivity contribution is -0.136. The van der Waals surface area contributed by atoms with E-state index in [1.54, 1.807) is 124 Å². The Hall–Kier alpha value is -11.0. The molecule has 1 heterocycles. The fraction of sp³-hybridized carbons (Fsp3) is 0.400. The number of aliphatic imine (C=N–C) groups is 1. The maximum atomic E-state index is 14.5. The summed E-state index contributed by atoms with van der Waals surface area (Å²) in [5, 5.41) is 43.3. The zero-order valence-corrected chi connectivity index (χ0v) is 53.8. The van der Waals surface area contributed by atoms with Crippen LogP contribution in [-0.4, -0.2) is 185 Å². The molecule has 12 amide bonds. The van der Waals surface area contributed by atoms with Crippen LogP contribution >= 0.6 is 0 Å². The molecule has 1 aromatic heterocycles. The molecule has 516 valence electrons. The number of nitrogens with zero attached hydrogens (tertiary/aromatic N) is 2. The number of guanidine groups is 1. The largest absolute Gasteiger partial charge is 0.508 e. The van der Waals surface area contributed by atoms with Gasteiger partial charge in [-0.15, -0.1) is 0 Å². The third-order valence-electron chi connectivity index (χ3n) is 15.0. The normalized spacial score (nSPS) is 14.1. The predicted octanol–water partition coefficient (Wildman–Crippen LogP) is -3.60. The minimum Gasteiger partial charge on any atom is -0.508 e. The van der Waals surface area contributed by atoms with Crippen LogP contribution in [0.25, 0.3) is 10.9 Å². The average molecular weight is 1330 g/mol. The number of aliphatic hydroxyl groups excluding tert-OH is 1. The molecular formula is C65H87N17O14. The molecule has 0 saturated carbocycles. The van der Waals surface area contributed by atoms with E-state index >= 15 is 0 Å². The van der Waals surface area contributed by atoms with Crippen LogP contribution in [0.1, 0.15) is 68.2 Å². The van der Waals surface area contributed by atoms with Gasteiger partial charge in [0.15, 0.2) is 5.96 Å². The van der Waals surface area contributed by atoms with Crippen molar-refractivity contribution in [2.75, 3.05) is 33.8 Å². The van der Waals surface area contributed by atoms with Gasteiger partial charge < -0.3 is 96.6 Å². The van der Waals surface area contributed by atoms with Gasteiger partial charge in [0.05, 0.1) is 32.0 Å². The Kier molecular flexibility index (Phi) is 29.7. The summed E-state index contributed by atoms with van der Waals surface area (Å²) in [6.45, 7) is 1.84. The Bertz CT molecular complexity index is 3530. The molecule has 4 aromatic carbocycles. The van der Waals surface area contributed by atoms with Crippen molar-refractivity contribution in [2.24, 2.45) is 39.6 Å². The van der Waals surface area contributed by atoms with Crippen LogP contribution in [0.15, 0.2) is 120 Å². The zero-order valence-electron chi connectivity index (χ0n) is 53.8. The number of primary amides is 3. The summed E-state index contributed by atoms with van der Waals surface area (Å²) in [7, 11) is 3.39. The molecule has 31 heteroatoms. The van der Waals surface area contributed by atoms with Gasteiger partial charge in [-0.1, -0.05) is 105 Å². The minimum atomic E-state index is -1.91. The molecule has 31 nitrogen and oxygen atoms in total. The minimum absolute atomic E-state index is 0.0147. The van der Waals surface area contributed by atoms with Crippen LogP contribution in [0.5, 0.6) is 5.75 Å². The van der Waals surface area contributed by atoms with Crippen LogP contribution in [-0.2, 0) is 83.2 Å². The van der Waals surface area contributed by atoms with Crippen LogP contribution < -0.4 is 76.5 Å². The maximum Gasteiger partial charge on any atom is 0.245 e. The van der Waals surface area contributed by atoms with Crippen molar-refractivity contribution in [3.63, 3.8) is 0 Å². The smallest absolute Gasteiger partial charge is 0.245 e. The third-order valence-corrected chi connectivity index (χ3v) is 15.0. The summed E-state index contributed by atoms with van der Waals surface area (Å²) in [5.41, 5.74) is 31.7. The van der Waals surface area contributed by atoms with Gasteiger partial charge >= 0.3 is 0 Å². The highest BCUT2D eigenvalue weighted by Crippen LogP contribution is 2.20. The van der Waals surface area contributed by atoms with E-state index in [4.69, 9.17) is 28.7 Å². The first-order chi connectivity index (χ1) is 45.6. The molecule has 0 aliphatic heterocycles. The van der Waals surface area contributed by atoms with Crippen molar-refractivity contribution >= 4 is 87.7 Å². The van der Waals surface area contributed by atoms with Gasteiger partial charge in [-0.05, 0) is 72.1 Å². The van der Waals surface area contributed by atoms with E-state index < -0.39 is 151 Å². The Balaban J connectivity index is 1.31. The van der Waals surface area contributed by atoms with Gasteiger partial charge in [-0.3, -0.25) is 62.5 Å². The van der Waals surface area contributed by atoms with Crippen LogP contribution in [0.3, 0.4) is 0 Å². The molecule has 0 unspecified atom stereocenters. The first-order valence-electron chi connectivity index (χ1n) is 30.9. The van der Waals surface area contributed by atoms with Crippen LogP contribution in [0.4, 0.5) is 0 Å². The molecule has 0 spiro atoms. The standard InChI is InChI=1S/C65H87N17O14/c1-36(2)26-47(60(92)75-45(20-13-25-71-65(70)82(3)4)59(91)76-46(56(69)88)28-37-14-7-5-8-15-37)74-55(87)34-73-58(90)48(29-38-16-9-6-10-17-38)78-64(96)52(35-83)81-63(95)51(32-54(68)86)80-61(93)49(30-40-33-72-44-19-12-11-18-42(40)44)79-62(94)50(31-53(67)85)77-57(89)43(66)27-39-21-23-41(84)24-22-39/h5-12,14-19,21-24,33,36,43,45-52,72,83-84H,13,20,25-32,34-35,66H2,1-4H3,(H2,67,85)(H2,68,86)(H2,69,88)(H2,70,71)(H,73,90)(H,74,87)(H,75,92)(H,76,91)(H,77,89)(H,78,96)(H,79,94)(H,80,93)(H,81,95)/t43-,45-,46-,47-,48-,49-,50-,51-,52-/m0/s1. The second kappa shape index (κ2) is 37.7. The highest BCUT2D eigenvalue weighted by Gasteiger charge is 2.36. The van der Waals surface area contributed by atoms with Crippen molar-refractivity contribution < 1.29 is 67.7 Å². The summed E-state index contributed by atoms with van der Waals surface area (Å²) in [6.07, 6.45) is -0.338. The highest BCUT2D eigenvalue weighted by atomic mass is 16.3. The molecule has 0 radical (unpaired) electrons. The third kappa shape index (κ3) is 25.2. The van der Waals surface area contributed by atoms with E-state index in [0.29, 0.717) is 33.2 Å². The summed E-state index contributed by atoms with van der Waals surface area (Å²) in [6, 6.07) is 16.1. The Morgan fingerprint density at radius 2 is 0.969 bits per heavy atom. The summed E-state index contributed by atoms with van der Waals surface area (Å²) >= 11 is 0. The lowest BCUT2D eigenvalue weighted by Gasteiger charge is -2.27. The fourth-order valence-electron chi connectivity index (χ4n) is 9.91. The number of carbonyl (C=O) groups excluding carboxylic acids is 12. The molecule has 5 rings (SSSR count). The summed E-state index contributed by atoms with van der Waals surface area (Å²) < 4.78 is 0. The number of aromatic nitrogens is 1. The number of aromatic hydroxyl groups is 1. The number of aromatic amines is 1. The summed E-state index contributed by atoms with van der Waals surface area (Å²) in [5.74, 6) is -11.8. The molecule has 5 aromatic rings. The van der Waals surface area contributed by atoms with Gasteiger partial charge in [0.1, 0.15) is 54.1 Å². The number of H-pyrrole nitrogens is 1. The van der Waals surface area contributed by atoms with Gasteiger partial charge in [0.25, 0.3) is 0 Å². The molecule has 96 heavy (non-hydrogen) atoms. The van der Waals surface area contributed by atoms with E-state index in [0.717, 1.165) is 0 Å². The Morgan fingerprint density at radius 1 is 0.510 bits per heavy atom. The van der Waals surface area contributed by atoms with Gasteiger partial charge in [0, 0.05) is 57.0 Å². The van der Waals surface area contributed by atoms with Gasteiger partial charge in [-0.2, -0.15) is 0 Å². The molecule has 0 fully saturated rings. The number of phenolic OH excluding ortho intramolecular Hbond substituents is 1. The first kappa shape index (κ1) is 75.8. The van der Waals surface area contributed by atoms with E-state index in [2.05, 4.69) is 57.8 Å². The van der Waals surface area contributed by atoms with Crippen molar-refractivity contribution in [3.8, 4) is 5.75 Å². The number of hydrogen-bond donors (Lipinski definition) is 17.